The number of hydrogen-bond donors (Lipinski definition) is 5. The first kappa shape index (κ1) is 37.0. The van der Waals surface area contributed by atoms with Gasteiger partial charge in [0.25, 0.3) is 3.79 Å². The molecule has 50 heavy (non-hydrogen) atoms. The first-order valence-corrected chi connectivity index (χ1v) is 15.9. The van der Waals surface area contributed by atoms with Gasteiger partial charge in [-0.3, -0.25) is 24.6 Å². The van der Waals surface area contributed by atoms with Crippen molar-refractivity contribution in [1.29, 1.82) is 5.41 Å². The van der Waals surface area contributed by atoms with Gasteiger partial charge in [0.15, 0.2) is 11.4 Å². The van der Waals surface area contributed by atoms with Gasteiger partial charge in [0.05, 0.1) is 0 Å². The standard InChI is InChI=1S/C36H28Cl3NO10/c37-36(38,39)31(40)50-32-34(47,28(44)23-17-9-3-10-18-23)35(48,29(45)24-19-11-4-12-20-24)33(46,27(43)22-15-7-2-8-16-22)30(49-32)26(42)25(41)21-13-5-1-6-14-21/h1-20,26,30,32,40,42,46-48H/t26?,30-,32+,33+,34+,35+/m1/s1. The van der Waals surface area contributed by atoms with E-state index < -0.39 is 84.8 Å². The predicted molar refractivity (Wildman–Crippen MR) is 182 cm³/mol. The number of alkyl halides is 3. The molecule has 5 N–H and O–H groups in total. The molecule has 6 atom stereocenters. The minimum atomic E-state index is -4.10. The van der Waals surface area contributed by atoms with Crippen LogP contribution in [0.2, 0.25) is 0 Å². The van der Waals surface area contributed by atoms with Crippen molar-refractivity contribution in [2.24, 2.45) is 0 Å². The molecule has 0 bridgehead atoms. The Labute approximate surface area is 300 Å². The summed E-state index contributed by atoms with van der Waals surface area (Å²) in [4.78, 5) is 57.7. The Balaban J connectivity index is 1.89. The van der Waals surface area contributed by atoms with Gasteiger partial charge in [0.1, 0.15) is 12.2 Å². The van der Waals surface area contributed by atoms with Crippen molar-refractivity contribution in [2.75, 3.05) is 0 Å². The minimum absolute atomic E-state index is 0.163. The van der Waals surface area contributed by atoms with Crippen LogP contribution in [-0.4, -0.2) is 88.6 Å². The van der Waals surface area contributed by atoms with Crippen LogP contribution in [0.4, 0.5) is 0 Å². The van der Waals surface area contributed by atoms with E-state index in [2.05, 4.69) is 0 Å². The van der Waals surface area contributed by atoms with E-state index in [1.54, 1.807) is 6.07 Å². The monoisotopic (exact) mass is 739 g/mol. The fraction of sp³-hybridized carbons (Fsp3) is 0.194. The van der Waals surface area contributed by atoms with Gasteiger partial charge in [0, 0.05) is 22.3 Å². The molecule has 5 rings (SSSR count). The van der Waals surface area contributed by atoms with Crippen molar-refractivity contribution in [2.45, 2.75) is 39.1 Å². The second kappa shape index (κ2) is 14.1. The number of benzene rings is 4. The van der Waals surface area contributed by atoms with Crippen LogP contribution in [0.1, 0.15) is 41.4 Å². The van der Waals surface area contributed by atoms with Crippen molar-refractivity contribution in [3.63, 3.8) is 0 Å². The van der Waals surface area contributed by atoms with E-state index in [0.29, 0.717) is 0 Å². The summed E-state index contributed by atoms with van der Waals surface area (Å²) in [7, 11) is 0. The molecule has 4 aromatic carbocycles. The van der Waals surface area contributed by atoms with Gasteiger partial charge in [0.2, 0.25) is 40.7 Å². The van der Waals surface area contributed by atoms with Crippen LogP contribution in [0, 0.1) is 5.41 Å². The molecule has 0 saturated carbocycles. The predicted octanol–water partition coefficient (Wildman–Crippen LogP) is 4.16. The highest BCUT2D eigenvalue weighted by Crippen LogP contribution is 2.51. The highest BCUT2D eigenvalue weighted by atomic mass is 35.6. The SMILES string of the molecule is N=C(O[C@@H]1O[C@H](C(O)C(=O)c2ccccc2)[C@@](O)(C(=O)c2ccccc2)[C@@](O)(C(=O)c2ccccc2)[C@]1(O)C(=O)c1ccccc1)C(Cl)(Cl)Cl. The number of ether oxygens (including phenoxy) is 2. The molecule has 0 aliphatic carbocycles. The lowest BCUT2D eigenvalue weighted by Crippen LogP contribution is -2.88. The fourth-order valence-corrected chi connectivity index (χ4v) is 5.96. The van der Waals surface area contributed by atoms with Gasteiger partial charge < -0.3 is 29.9 Å². The Hall–Kier alpha value is -4.30. The van der Waals surface area contributed by atoms with Crippen LogP contribution in [0.5, 0.6) is 0 Å². The zero-order chi connectivity index (χ0) is 36.5. The van der Waals surface area contributed by atoms with Crippen LogP contribution in [0.15, 0.2) is 121 Å². The summed E-state index contributed by atoms with van der Waals surface area (Å²) < 4.78 is 8.46. The smallest absolute Gasteiger partial charge is 0.265 e. The van der Waals surface area contributed by atoms with E-state index in [4.69, 9.17) is 49.7 Å². The van der Waals surface area contributed by atoms with Crippen LogP contribution in [-0.2, 0) is 9.47 Å². The Bertz CT molecular complexity index is 1910. The van der Waals surface area contributed by atoms with Gasteiger partial charge in [-0.1, -0.05) is 156 Å². The third-order valence-corrected chi connectivity index (χ3v) is 8.87. The number of carbonyl (C=O) groups excluding carboxylic acids is 4. The average Bonchev–Trinajstić information content (AvgIpc) is 3.14. The molecule has 1 heterocycles. The summed E-state index contributed by atoms with van der Waals surface area (Å²) in [5, 5.41) is 58.5. The topological polar surface area (TPSA) is 192 Å². The van der Waals surface area contributed by atoms with Crippen LogP contribution < -0.4 is 0 Å². The number of ketones is 4. The Kier molecular flexibility index (Phi) is 10.5. The number of halogens is 3. The molecule has 1 saturated heterocycles. The van der Waals surface area contributed by atoms with Gasteiger partial charge in [-0.2, -0.15) is 0 Å². The van der Waals surface area contributed by atoms with Crippen molar-refractivity contribution in [3.8, 4) is 0 Å². The summed E-state index contributed by atoms with van der Waals surface area (Å²) in [5.74, 6) is -7.25. The molecule has 1 aliphatic heterocycles. The van der Waals surface area contributed by atoms with Crippen LogP contribution in [0.25, 0.3) is 0 Å². The highest BCUT2D eigenvalue weighted by Gasteiger charge is 2.82. The maximum absolute atomic E-state index is 14.8. The number of aliphatic hydroxyl groups is 4. The molecule has 1 unspecified atom stereocenters. The Morgan fingerprint density at radius 1 is 0.640 bits per heavy atom. The number of hydrogen-bond acceptors (Lipinski definition) is 11. The normalized spacial score (nSPS) is 25.6. The van der Waals surface area contributed by atoms with Crippen LogP contribution >= 0.6 is 34.8 Å². The summed E-state index contributed by atoms with van der Waals surface area (Å²) in [6.45, 7) is 0. The van der Waals surface area contributed by atoms with Gasteiger partial charge >= 0.3 is 0 Å². The van der Waals surface area contributed by atoms with Gasteiger partial charge in [-0.15, -0.1) is 0 Å². The third kappa shape index (κ3) is 6.16. The number of carbonyl (C=O) groups is 4. The molecule has 1 fully saturated rings. The van der Waals surface area contributed by atoms with Crippen molar-refractivity contribution < 1.29 is 49.1 Å². The largest absolute Gasteiger partial charge is 0.444 e. The molecular formula is C36H28Cl3NO10. The van der Waals surface area contributed by atoms with Gasteiger partial charge in [-0.25, -0.2) is 0 Å². The van der Waals surface area contributed by atoms with Crippen molar-refractivity contribution in [1.82, 2.24) is 0 Å². The highest BCUT2D eigenvalue weighted by molar-refractivity contribution is 6.76. The average molecular weight is 741 g/mol. The van der Waals surface area contributed by atoms with E-state index in [9.17, 15) is 39.6 Å². The quantitative estimate of drug-likeness (QED) is 0.0683. The Morgan fingerprint density at radius 2 is 1.00 bits per heavy atom. The van der Waals surface area contributed by atoms with E-state index in [1.165, 1.54) is 103 Å². The van der Waals surface area contributed by atoms with Crippen LogP contribution in [0.3, 0.4) is 0 Å². The second-order valence-electron chi connectivity index (χ2n) is 11.3. The number of nitrogens with one attached hydrogen (secondary N) is 1. The molecule has 11 nitrogen and oxygen atoms in total. The van der Waals surface area contributed by atoms with E-state index in [-0.39, 0.29) is 5.56 Å². The number of aliphatic hydroxyl groups excluding tert-OH is 1. The first-order chi connectivity index (χ1) is 23.6. The molecule has 4 aromatic rings. The maximum Gasteiger partial charge on any atom is 0.265 e. The van der Waals surface area contributed by atoms with Gasteiger partial charge in [-0.05, 0) is 0 Å². The Morgan fingerprint density at radius 3 is 1.40 bits per heavy atom. The summed E-state index contributed by atoms with van der Waals surface area (Å²) in [5.41, 5.74) is -13.3. The van der Waals surface area contributed by atoms with Crippen molar-refractivity contribution in [3.05, 3.63) is 144 Å². The maximum atomic E-state index is 14.8. The molecule has 0 spiro atoms. The molecular weight excluding hydrogens is 713 g/mol. The molecule has 258 valence electrons. The summed E-state index contributed by atoms with van der Waals surface area (Å²) in [6, 6.07) is 26.7. The third-order valence-electron chi connectivity index (χ3n) is 8.35. The fourth-order valence-electron chi connectivity index (χ4n) is 5.83. The summed E-state index contributed by atoms with van der Waals surface area (Å²) in [6.07, 6.45) is -8.14. The van der Waals surface area contributed by atoms with E-state index in [0.717, 1.165) is 12.1 Å². The molecule has 14 heteroatoms. The van der Waals surface area contributed by atoms with E-state index in [1.807, 2.05) is 0 Å². The molecule has 0 aromatic heterocycles. The lowest BCUT2D eigenvalue weighted by Gasteiger charge is -2.58. The molecule has 0 radical (unpaired) electrons. The molecule has 1 aliphatic rings. The zero-order valence-corrected chi connectivity index (χ0v) is 27.9. The first-order valence-electron chi connectivity index (χ1n) is 14.8. The second-order valence-corrected chi connectivity index (χ2v) is 13.6. The number of rotatable bonds is 10. The minimum Gasteiger partial charge on any atom is -0.444 e. The molecule has 0 amide bonds. The summed E-state index contributed by atoms with van der Waals surface area (Å²) >= 11 is 17.6. The lowest BCUT2D eigenvalue weighted by atomic mass is 9.57. The lowest BCUT2D eigenvalue weighted by molar-refractivity contribution is -0.349. The van der Waals surface area contributed by atoms with Crippen molar-refractivity contribution >= 4 is 63.8 Å². The van der Waals surface area contributed by atoms with E-state index >= 15 is 0 Å². The zero-order valence-electron chi connectivity index (χ0n) is 25.7. The number of Topliss-reactive ketones (excluding diaryl/α,β-unsaturated/α-hetero) is 4.